The Balaban J connectivity index is 1.97. The SMILES string of the molecule is CCOC(=O)C1CCc2sc(NCCN(C)C)nc21. The van der Waals surface area contributed by atoms with Crippen LogP contribution in [0.3, 0.4) is 0 Å². The molecule has 1 aromatic rings. The molecule has 0 aromatic carbocycles. The number of aromatic nitrogens is 1. The van der Waals surface area contributed by atoms with E-state index in [0.717, 1.165) is 36.8 Å². The highest BCUT2D eigenvalue weighted by Gasteiger charge is 2.33. The summed E-state index contributed by atoms with van der Waals surface area (Å²) in [6.07, 6.45) is 1.77. The Morgan fingerprint density at radius 3 is 3.05 bits per heavy atom. The van der Waals surface area contributed by atoms with Crippen LogP contribution in [0.25, 0.3) is 0 Å². The van der Waals surface area contributed by atoms with Gasteiger partial charge >= 0.3 is 5.97 Å². The largest absolute Gasteiger partial charge is 0.465 e. The van der Waals surface area contributed by atoms with Gasteiger partial charge < -0.3 is 15.0 Å². The number of carbonyl (C=O) groups is 1. The highest BCUT2D eigenvalue weighted by atomic mass is 32.1. The van der Waals surface area contributed by atoms with E-state index in [9.17, 15) is 4.79 Å². The van der Waals surface area contributed by atoms with E-state index in [1.807, 2.05) is 21.0 Å². The maximum atomic E-state index is 11.8. The normalized spacial score (nSPS) is 17.6. The molecule has 106 valence electrons. The third-order valence-electron chi connectivity index (χ3n) is 3.12. The van der Waals surface area contributed by atoms with E-state index < -0.39 is 0 Å². The van der Waals surface area contributed by atoms with Crippen molar-refractivity contribution in [3.05, 3.63) is 10.6 Å². The van der Waals surface area contributed by atoms with Crippen LogP contribution in [0.15, 0.2) is 0 Å². The second kappa shape index (κ2) is 6.34. The van der Waals surface area contributed by atoms with Gasteiger partial charge in [0.25, 0.3) is 0 Å². The van der Waals surface area contributed by atoms with E-state index in [2.05, 4.69) is 15.2 Å². The van der Waals surface area contributed by atoms with E-state index in [4.69, 9.17) is 4.74 Å². The van der Waals surface area contributed by atoms with E-state index >= 15 is 0 Å². The van der Waals surface area contributed by atoms with Gasteiger partial charge in [0.15, 0.2) is 5.13 Å². The number of esters is 1. The third-order valence-corrected chi connectivity index (χ3v) is 4.21. The van der Waals surface area contributed by atoms with Gasteiger partial charge in [-0.15, -0.1) is 11.3 Å². The minimum atomic E-state index is -0.157. The average molecular weight is 283 g/mol. The molecule has 1 atom stereocenters. The molecule has 6 heteroatoms. The van der Waals surface area contributed by atoms with Gasteiger partial charge in [0, 0.05) is 18.0 Å². The summed E-state index contributed by atoms with van der Waals surface area (Å²) in [5.41, 5.74) is 0.927. The molecule has 0 bridgehead atoms. The van der Waals surface area contributed by atoms with Crippen LogP contribution in [0.2, 0.25) is 0 Å². The van der Waals surface area contributed by atoms with Crippen molar-refractivity contribution in [2.45, 2.75) is 25.7 Å². The monoisotopic (exact) mass is 283 g/mol. The number of nitrogens with zero attached hydrogens (tertiary/aromatic N) is 2. The molecule has 1 aliphatic rings. The minimum absolute atomic E-state index is 0.133. The fraction of sp³-hybridized carbons (Fsp3) is 0.692. The molecule has 0 spiro atoms. The van der Waals surface area contributed by atoms with Crippen molar-refractivity contribution < 1.29 is 9.53 Å². The molecular weight excluding hydrogens is 262 g/mol. The van der Waals surface area contributed by atoms with Crippen LogP contribution in [-0.2, 0) is 16.0 Å². The number of hydrogen-bond donors (Lipinski definition) is 1. The lowest BCUT2D eigenvalue weighted by Crippen LogP contribution is -2.20. The summed E-state index contributed by atoms with van der Waals surface area (Å²) in [5, 5.41) is 4.23. The van der Waals surface area contributed by atoms with Gasteiger partial charge in [0.1, 0.15) is 5.92 Å². The first-order valence-electron chi connectivity index (χ1n) is 6.66. The lowest BCUT2D eigenvalue weighted by Gasteiger charge is -2.10. The highest BCUT2D eigenvalue weighted by Crippen LogP contribution is 2.38. The quantitative estimate of drug-likeness (QED) is 0.806. The smallest absolute Gasteiger partial charge is 0.315 e. The molecule has 0 saturated heterocycles. The predicted octanol–water partition coefficient (Wildman–Crippen LogP) is 1.71. The molecule has 1 unspecified atom stereocenters. The zero-order valence-electron chi connectivity index (χ0n) is 11.7. The lowest BCUT2D eigenvalue weighted by atomic mass is 10.1. The second-order valence-corrected chi connectivity index (χ2v) is 5.98. The Bertz CT molecular complexity index is 445. The van der Waals surface area contributed by atoms with Crippen molar-refractivity contribution in [1.29, 1.82) is 0 Å². The van der Waals surface area contributed by atoms with Crippen molar-refractivity contribution >= 4 is 22.4 Å². The van der Waals surface area contributed by atoms with Crippen LogP contribution in [0, 0.1) is 0 Å². The number of carbonyl (C=O) groups excluding carboxylic acids is 1. The Labute approximate surface area is 118 Å². The number of fused-ring (bicyclic) bond motifs is 1. The van der Waals surface area contributed by atoms with Crippen molar-refractivity contribution in [2.75, 3.05) is 39.1 Å². The molecule has 1 aliphatic carbocycles. The molecule has 0 fully saturated rings. The summed E-state index contributed by atoms with van der Waals surface area (Å²) in [5.74, 6) is -0.290. The van der Waals surface area contributed by atoms with Crippen molar-refractivity contribution in [3.8, 4) is 0 Å². The Morgan fingerprint density at radius 2 is 2.37 bits per heavy atom. The number of rotatable bonds is 6. The van der Waals surface area contributed by atoms with E-state index in [1.54, 1.807) is 11.3 Å². The van der Waals surface area contributed by atoms with E-state index in [1.165, 1.54) is 4.88 Å². The maximum absolute atomic E-state index is 11.8. The van der Waals surface area contributed by atoms with Crippen LogP contribution >= 0.6 is 11.3 Å². The average Bonchev–Trinajstić information content (AvgIpc) is 2.87. The van der Waals surface area contributed by atoms with Crippen molar-refractivity contribution in [2.24, 2.45) is 0 Å². The molecule has 19 heavy (non-hydrogen) atoms. The second-order valence-electron chi connectivity index (χ2n) is 4.90. The van der Waals surface area contributed by atoms with Gasteiger partial charge in [0.05, 0.1) is 12.3 Å². The summed E-state index contributed by atoms with van der Waals surface area (Å²) < 4.78 is 5.10. The third kappa shape index (κ3) is 3.45. The van der Waals surface area contributed by atoms with E-state index in [0.29, 0.717) is 6.61 Å². The zero-order valence-corrected chi connectivity index (χ0v) is 12.5. The fourth-order valence-electron chi connectivity index (χ4n) is 2.16. The van der Waals surface area contributed by atoms with Gasteiger partial charge in [-0.05, 0) is 33.9 Å². The standard InChI is InChI=1S/C13H21N3O2S/c1-4-18-12(17)9-5-6-10-11(9)15-13(19-10)14-7-8-16(2)3/h9H,4-8H2,1-3H3,(H,14,15). The summed E-state index contributed by atoms with van der Waals surface area (Å²) >= 11 is 1.66. The molecule has 5 nitrogen and oxygen atoms in total. The van der Waals surface area contributed by atoms with Gasteiger partial charge in [-0.2, -0.15) is 0 Å². The summed E-state index contributed by atoms with van der Waals surface area (Å²) in [7, 11) is 4.08. The molecule has 1 N–H and O–H groups in total. The van der Waals surface area contributed by atoms with Crippen molar-refractivity contribution in [3.63, 3.8) is 0 Å². The predicted molar refractivity (Wildman–Crippen MR) is 76.9 cm³/mol. The molecular formula is C13H21N3O2S. The summed E-state index contributed by atoms with van der Waals surface area (Å²) in [4.78, 5) is 19.7. The number of thiazole rings is 1. The molecule has 1 heterocycles. The van der Waals surface area contributed by atoms with Gasteiger partial charge in [-0.3, -0.25) is 4.79 Å². The number of ether oxygens (including phenoxy) is 1. The topological polar surface area (TPSA) is 54.5 Å². The lowest BCUT2D eigenvalue weighted by molar-refractivity contribution is -0.145. The highest BCUT2D eigenvalue weighted by molar-refractivity contribution is 7.15. The first kappa shape index (κ1) is 14.3. The molecule has 0 aliphatic heterocycles. The number of nitrogens with one attached hydrogen (secondary N) is 1. The number of hydrogen-bond acceptors (Lipinski definition) is 6. The molecule has 0 radical (unpaired) electrons. The zero-order chi connectivity index (χ0) is 13.8. The molecule has 0 saturated carbocycles. The molecule has 2 rings (SSSR count). The summed E-state index contributed by atoms with van der Waals surface area (Å²) in [6.45, 7) is 4.10. The van der Waals surface area contributed by atoms with Crippen LogP contribution in [-0.4, -0.2) is 49.6 Å². The Hall–Kier alpha value is -1.14. The number of likely N-dealkylation sites (N-methyl/N-ethyl adjacent to an activating group) is 1. The van der Waals surface area contributed by atoms with Crippen LogP contribution in [0.1, 0.15) is 29.8 Å². The Morgan fingerprint density at radius 1 is 1.58 bits per heavy atom. The maximum Gasteiger partial charge on any atom is 0.315 e. The number of aryl methyl sites for hydroxylation is 1. The minimum Gasteiger partial charge on any atom is -0.465 e. The first-order chi connectivity index (χ1) is 9.11. The fourth-order valence-corrected chi connectivity index (χ4v) is 3.23. The van der Waals surface area contributed by atoms with Crippen LogP contribution < -0.4 is 5.32 Å². The van der Waals surface area contributed by atoms with Gasteiger partial charge in [-0.25, -0.2) is 4.98 Å². The van der Waals surface area contributed by atoms with Gasteiger partial charge in [0.2, 0.25) is 0 Å². The van der Waals surface area contributed by atoms with E-state index in [-0.39, 0.29) is 11.9 Å². The van der Waals surface area contributed by atoms with Crippen LogP contribution in [0.5, 0.6) is 0 Å². The molecule has 0 amide bonds. The molecule has 1 aromatic heterocycles. The van der Waals surface area contributed by atoms with Crippen molar-refractivity contribution in [1.82, 2.24) is 9.88 Å². The van der Waals surface area contributed by atoms with Gasteiger partial charge in [-0.1, -0.05) is 0 Å². The number of anilines is 1. The first-order valence-corrected chi connectivity index (χ1v) is 7.48. The Kier molecular flexibility index (Phi) is 4.76. The van der Waals surface area contributed by atoms with Crippen LogP contribution in [0.4, 0.5) is 5.13 Å². The summed E-state index contributed by atoms with van der Waals surface area (Å²) in [6, 6.07) is 0.